The predicted molar refractivity (Wildman–Crippen MR) is 104 cm³/mol. The molecule has 0 atom stereocenters. The maximum atomic E-state index is 11.7. The molecule has 0 unspecified atom stereocenters. The summed E-state index contributed by atoms with van der Waals surface area (Å²) in [5.41, 5.74) is 1.74. The van der Waals surface area contributed by atoms with Gasteiger partial charge in [-0.3, -0.25) is 4.72 Å². The summed E-state index contributed by atoms with van der Waals surface area (Å²) in [5.74, 6) is 1.67. The van der Waals surface area contributed by atoms with Crippen LogP contribution in [0.5, 0.6) is 11.5 Å². The summed E-state index contributed by atoms with van der Waals surface area (Å²) in [5, 5.41) is 3.91. The number of anilines is 3. The average molecular weight is 389 g/mol. The Hall–Kier alpha value is -3.11. The molecular weight excluding hydrogens is 370 g/mol. The lowest BCUT2D eigenvalue weighted by atomic mass is 10.2. The molecule has 0 bridgehead atoms. The van der Waals surface area contributed by atoms with Crippen molar-refractivity contribution in [3.05, 3.63) is 42.7 Å². The van der Waals surface area contributed by atoms with Gasteiger partial charge in [0.05, 0.1) is 25.4 Å². The van der Waals surface area contributed by atoms with E-state index in [0.29, 0.717) is 34.2 Å². The molecule has 3 aromatic rings. The second-order valence-electron chi connectivity index (χ2n) is 5.46. The Labute approximate surface area is 156 Å². The summed E-state index contributed by atoms with van der Waals surface area (Å²) in [6.45, 7) is 0. The Bertz CT molecular complexity index is 1070. The van der Waals surface area contributed by atoms with Crippen LogP contribution < -0.4 is 24.2 Å². The van der Waals surface area contributed by atoms with Crippen molar-refractivity contribution >= 4 is 38.3 Å². The zero-order valence-electron chi connectivity index (χ0n) is 15.0. The maximum Gasteiger partial charge on any atom is 0.298 e. The van der Waals surface area contributed by atoms with Crippen LogP contribution >= 0.6 is 0 Å². The summed E-state index contributed by atoms with van der Waals surface area (Å²) in [6, 6.07) is 10.4. The van der Waals surface area contributed by atoms with Crippen molar-refractivity contribution in [1.82, 2.24) is 14.7 Å². The number of methoxy groups -OCH3 is 2. The van der Waals surface area contributed by atoms with Gasteiger partial charge in [0, 0.05) is 24.2 Å². The molecule has 1 heterocycles. The molecule has 0 amide bonds. The summed E-state index contributed by atoms with van der Waals surface area (Å²) in [6.07, 6.45) is 1.43. The standard InChI is InChI=1S/C17H19N5O4S/c1-18-27(23,24)22-12-6-4-5-11(7-12)21-17-13-8-15(25-2)16(26-3)9-14(13)19-10-20-17/h4-10,18,22H,1-3H3,(H,19,20,21). The molecule has 142 valence electrons. The van der Waals surface area contributed by atoms with Gasteiger partial charge in [-0.1, -0.05) is 6.07 Å². The zero-order valence-corrected chi connectivity index (χ0v) is 15.8. The monoisotopic (exact) mass is 389 g/mol. The third-order valence-electron chi connectivity index (χ3n) is 3.79. The van der Waals surface area contributed by atoms with E-state index in [1.54, 1.807) is 50.6 Å². The fourth-order valence-corrected chi connectivity index (χ4v) is 3.03. The minimum atomic E-state index is -3.60. The van der Waals surface area contributed by atoms with Gasteiger partial charge in [0.1, 0.15) is 12.1 Å². The Kier molecular flexibility index (Phi) is 5.28. The van der Waals surface area contributed by atoms with Crippen molar-refractivity contribution in [2.45, 2.75) is 0 Å². The first-order valence-electron chi connectivity index (χ1n) is 7.91. The quantitative estimate of drug-likeness (QED) is 0.568. The van der Waals surface area contributed by atoms with Gasteiger partial charge < -0.3 is 14.8 Å². The number of hydrogen-bond acceptors (Lipinski definition) is 7. The SMILES string of the molecule is CNS(=O)(=O)Nc1cccc(Nc2ncnc3cc(OC)c(OC)cc23)c1. The number of benzene rings is 2. The van der Waals surface area contributed by atoms with E-state index in [9.17, 15) is 8.42 Å². The number of nitrogens with zero attached hydrogens (tertiary/aromatic N) is 2. The summed E-state index contributed by atoms with van der Waals surface area (Å²) >= 11 is 0. The molecule has 10 heteroatoms. The number of rotatable bonds is 7. The molecule has 0 aliphatic rings. The van der Waals surface area contributed by atoms with E-state index in [-0.39, 0.29) is 0 Å². The van der Waals surface area contributed by atoms with Gasteiger partial charge in [-0.15, -0.1) is 0 Å². The molecule has 3 rings (SSSR count). The van der Waals surface area contributed by atoms with Crippen LogP contribution in [-0.4, -0.2) is 39.7 Å². The second-order valence-corrected chi connectivity index (χ2v) is 7.08. The molecule has 0 radical (unpaired) electrons. The molecule has 0 saturated heterocycles. The molecule has 27 heavy (non-hydrogen) atoms. The van der Waals surface area contributed by atoms with Crippen molar-refractivity contribution in [2.75, 3.05) is 31.3 Å². The van der Waals surface area contributed by atoms with E-state index in [1.165, 1.54) is 13.4 Å². The number of aromatic nitrogens is 2. The number of hydrogen-bond donors (Lipinski definition) is 3. The predicted octanol–water partition coefficient (Wildman–Crippen LogP) is 2.27. The van der Waals surface area contributed by atoms with E-state index in [4.69, 9.17) is 9.47 Å². The lowest BCUT2D eigenvalue weighted by Gasteiger charge is -2.13. The lowest BCUT2D eigenvalue weighted by molar-refractivity contribution is 0.356. The van der Waals surface area contributed by atoms with Gasteiger partial charge in [-0.2, -0.15) is 8.42 Å². The fourth-order valence-electron chi connectivity index (χ4n) is 2.49. The van der Waals surface area contributed by atoms with Gasteiger partial charge in [0.15, 0.2) is 11.5 Å². The van der Waals surface area contributed by atoms with Crippen molar-refractivity contribution in [2.24, 2.45) is 0 Å². The molecule has 0 saturated carbocycles. The van der Waals surface area contributed by atoms with Crippen LogP contribution in [0.1, 0.15) is 0 Å². The summed E-state index contributed by atoms with van der Waals surface area (Å²) < 4.78 is 38.6. The van der Waals surface area contributed by atoms with E-state index in [0.717, 1.165) is 5.39 Å². The maximum absolute atomic E-state index is 11.7. The highest BCUT2D eigenvalue weighted by molar-refractivity contribution is 7.90. The van der Waals surface area contributed by atoms with Gasteiger partial charge >= 0.3 is 0 Å². The minimum absolute atomic E-state index is 0.409. The van der Waals surface area contributed by atoms with Crippen molar-refractivity contribution in [1.29, 1.82) is 0 Å². The fraction of sp³-hybridized carbons (Fsp3) is 0.176. The second kappa shape index (κ2) is 7.64. The Morgan fingerprint density at radius 3 is 2.37 bits per heavy atom. The van der Waals surface area contributed by atoms with Gasteiger partial charge in [-0.25, -0.2) is 14.7 Å². The number of nitrogens with one attached hydrogen (secondary N) is 3. The largest absolute Gasteiger partial charge is 0.493 e. The Morgan fingerprint density at radius 1 is 0.963 bits per heavy atom. The summed E-state index contributed by atoms with van der Waals surface area (Å²) in [4.78, 5) is 8.54. The molecule has 1 aromatic heterocycles. The third-order valence-corrected chi connectivity index (χ3v) is 4.83. The Balaban J connectivity index is 1.97. The van der Waals surface area contributed by atoms with Crippen LogP contribution in [0.15, 0.2) is 42.7 Å². The first kappa shape index (κ1) is 18.7. The highest BCUT2D eigenvalue weighted by Crippen LogP contribution is 2.34. The van der Waals surface area contributed by atoms with E-state index in [1.807, 2.05) is 0 Å². The van der Waals surface area contributed by atoms with Crippen molar-refractivity contribution in [3.63, 3.8) is 0 Å². The highest BCUT2D eigenvalue weighted by atomic mass is 32.2. The van der Waals surface area contributed by atoms with Crippen molar-refractivity contribution in [3.8, 4) is 11.5 Å². The van der Waals surface area contributed by atoms with Crippen LogP contribution in [-0.2, 0) is 10.2 Å². The smallest absolute Gasteiger partial charge is 0.298 e. The Morgan fingerprint density at radius 2 is 1.67 bits per heavy atom. The first-order chi connectivity index (χ1) is 13.0. The van der Waals surface area contributed by atoms with E-state index < -0.39 is 10.2 Å². The highest BCUT2D eigenvalue weighted by Gasteiger charge is 2.12. The number of fused-ring (bicyclic) bond motifs is 1. The molecule has 2 aromatic carbocycles. The third kappa shape index (κ3) is 4.18. The minimum Gasteiger partial charge on any atom is -0.493 e. The van der Waals surface area contributed by atoms with Crippen LogP contribution in [0.25, 0.3) is 10.9 Å². The van der Waals surface area contributed by atoms with Gasteiger partial charge in [0.2, 0.25) is 0 Å². The van der Waals surface area contributed by atoms with Crippen LogP contribution in [0.2, 0.25) is 0 Å². The molecule has 0 spiro atoms. The normalized spacial score (nSPS) is 11.2. The zero-order chi connectivity index (χ0) is 19.4. The van der Waals surface area contributed by atoms with E-state index in [2.05, 4.69) is 24.7 Å². The lowest BCUT2D eigenvalue weighted by Crippen LogP contribution is -2.26. The molecule has 0 aliphatic carbocycles. The van der Waals surface area contributed by atoms with Crippen LogP contribution in [0.3, 0.4) is 0 Å². The summed E-state index contributed by atoms with van der Waals surface area (Å²) in [7, 11) is 0.846. The topological polar surface area (TPSA) is 114 Å². The first-order valence-corrected chi connectivity index (χ1v) is 9.39. The number of ether oxygens (including phenoxy) is 2. The van der Waals surface area contributed by atoms with Gasteiger partial charge in [-0.05, 0) is 24.3 Å². The molecule has 3 N–H and O–H groups in total. The molecule has 9 nitrogen and oxygen atoms in total. The molecule has 0 fully saturated rings. The van der Waals surface area contributed by atoms with Crippen molar-refractivity contribution < 1.29 is 17.9 Å². The van der Waals surface area contributed by atoms with Gasteiger partial charge in [0.25, 0.3) is 10.2 Å². The van der Waals surface area contributed by atoms with Crippen LogP contribution in [0.4, 0.5) is 17.2 Å². The molecular formula is C17H19N5O4S. The molecule has 0 aliphatic heterocycles. The average Bonchev–Trinajstić information content (AvgIpc) is 2.67. The van der Waals surface area contributed by atoms with E-state index >= 15 is 0 Å². The van der Waals surface area contributed by atoms with Crippen LogP contribution in [0, 0.1) is 0 Å².